The van der Waals surface area contributed by atoms with Gasteiger partial charge in [-0.2, -0.15) is 0 Å². The molecule has 0 aliphatic carbocycles. The number of hydrogen-bond donors (Lipinski definition) is 1. The molecule has 0 spiro atoms. The molecular weight excluding hydrogens is 296 g/mol. The minimum Gasteiger partial charge on any atom is -0.403 e. The van der Waals surface area contributed by atoms with E-state index >= 15 is 0 Å². The van der Waals surface area contributed by atoms with E-state index in [2.05, 4.69) is 20.7 Å². The molecule has 0 aliphatic heterocycles. The first-order valence-electron chi connectivity index (χ1n) is 5.96. The van der Waals surface area contributed by atoms with Gasteiger partial charge in [-0.3, -0.25) is 10.1 Å². The van der Waals surface area contributed by atoms with Gasteiger partial charge in [0.15, 0.2) is 5.69 Å². The molecule has 0 atom stereocenters. The number of benzene rings is 1. The summed E-state index contributed by atoms with van der Waals surface area (Å²) in [5.41, 5.74) is 0.837. The molecule has 0 unspecified atom stereocenters. The number of hydrogen-bond acceptors (Lipinski definition) is 6. The fourth-order valence-corrected chi connectivity index (χ4v) is 1.74. The Morgan fingerprint density at radius 2 is 2.00 bits per heavy atom. The van der Waals surface area contributed by atoms with E-state index in [1.165, 1.54) is 6.07 Å². The zero-order valence-electron chi connectivity index (χ0n) is 10.8. The minimum atomic E-state index is -0.488. The van der Waals surface area contributed by atoms with Gasteiger partial charge in [0, 0.05) is 16.7 Å². The number of nitrogens with one attached hydrogen (secondary N) is 1. The summed E-state index contributed by atoms with van der Waals surface area (Å²) in [5.74, 6) is 0.323. The zero-order valence-corrected chi connectivity index (χ0v) is 11.6. The molecule has 7 nitrogen and oxygen atoms in total. The average Bonchev–Trinajstić information content (AvgIpc) is 3.09. The van der Waals surface area contributed by atoms with E-state index in [4.69, 9.17) is 20.5 Å². The summed E-state index contributed by atoms with van der Waals surface area (Å²) in [6.45, 7) is 1.69. The Kier molecular flexibility index (Phi) is 3.41. The predicted octanol–water partition coefficient (Wildman–Crippen LogP) is 2.94. The molecule has 0 aliphatic rings. The normalized spacial score (nSPS) is 10.6. The van der Waals surface area contributed by atoms with Crippen molar-refractivity contribution in [3.05, 3.63) is 46.8 Å². The summed E-state index contributed by atoms with van der Waals surface area (Å²) >= 11 is 5.80. The lowest BCUT2D eigenvalue weighted by Gasteiger charge is -1.96. The van der Waals surface area contributed by atoms with Crippen molar-refractivity contribution in [2.75, 3.05) is 5.32 Å². The van der Waals surface area contributed by atoms with Gasteiger partial charge >= 0.3 is 6.01 Å². The standard InChI is InChI=1S/C13H9ClN4O3/c1-7-6-10(18-21-7)11(19)15-13-17-16-12(20-13)8-2-4-9(14)5-3-8/h2-6H,1H3,(H,15,17,19). The number of aromatic nitrogens is 3. The molecule has 0 saturated carbocycles. The third kappa shape index (κ3) is 2.92. The highest BCUT2D eigenvalue weighted by Gasteiger charge is 2.15. The van der Waals surface area contributed by atoms with Crippen LogP contribution in [0.3, 0.4) is 0 Å². The number of carbonyl (C=O) groups is 1. The molecule has 0 saturated heterocycles. The molecule has 3 rings (SSSR count). The second-order valence-electron chi connectivity index (χ2n) is 4.20. The number of rotatable bonds is 3. The van der Waals surface area contributed by atoms with Crippen LogP contribution in [0.5, 0.6) is 0 Å². The van der Waals surface area contributed by atoms with Gasteiger partial charge in [0.05, 0.1) is 0 Å². The molecule has 0 fully saturated rings. The fourth-order valence-electron chi connectivity index (χ4n) is 1.62. The summed E-state index contributed by atoms with van der Waals surface area (Å²) < 4.78 is 10.2. The van der Waals surface area contributed by atoms with Gasteiger partial charge in [0.25, 0.3) is 5.91 Å². The third-order valence-electron chi connectivity index (χ3n) is 2.60. The van der Waals surface area contributed by atoms with Crippen LogP contribution in [0.2, 0.25) is 5.02 Å². The summed E-state index contributed by atoms with van der Waals surface area (Å²) in [4.78, 5) is 11.8. The van der Waals surface area contributed by atoms with E-state index in [-0.39, 0.29) is 17.6 Å². The second kappa shape index (κ2) is 5.37. The first kappa shape index (κ1) is 13.3. The molecule has 21 heavy (non-hydrogen) atoms. The number of halogens is 1. The van der Waals surface area contributed by atoms with Gasteiger partial charge in [-0.05, 0) is 31.2 Å². The van der Waals surface area contributed by atoms with Crippen molar-refractivity contribution in [2.45, 2.75) is 6.92 Å². The Balaban J connectivity index is 1.76. The SMILES string of the molecule is Cc1cc(C(=O)Nc2nnc(-c3ccc(Cl)cc3)o2)no1. The van der Waals surface area contributed by atoms with Crippen LogP contribution in [0.1, 0.15) is 16.2 Å². The molecule has 8 heteroatoms. The third-order valence-corrected chi connectivity index (χ3v) is 2.85. The van der Waals surface area contributed by atoms with E-state index in [9.17, 15) is 4.79 Å². The Hall–Kier alpha value is -2.67. The Bertz CT molecular complexity index is 779. The van der Waals surface area contributed by atoms with Crippen LogP contribution >= 0.6 is 11.6 Å². The lowest BCUT2D eigenvalue weighted by molar-refractivity contribution is 0.101. The average molecular weight is 305 g/mol. The molecule has 2 heterocycles. The van der Waals surface area contributed by atoms with Crippen LogP contribution in [0, 0.1) is 6.92 Å². The van der Waals surface area contributed by atoms with E-state index in [1.807, 2.05) is 0 Å². The van der Waals surface area contributed by atoms with Crippen LogP contribution in [0.15, 0.2) is 39.3 Å². The molecule has 0 radical (unpaired) electrons. The Morgan fingerprint density at radius 1 is 1.24 bits per heavy atom. The maximum atomic E-state index is 11.8. The van der Waals surface area contributed by atoms with Crippen molar-refractivity contribution in [3.8, 4) is 11.5 Å². The van der Waals surface area contributed by atoms with Crippen molar-refractivity contribution < 1.29 is 13.7 Å². The monoisotopic (exact) mass is 304 g/mol. The highest BCUT2D eigenvalue weighted by Crippen LogP contribution is 2.21. The van der Waals surface area contributed by atoms with E-state index in [0.29, 0.717) is 16.3 Å². The molecule has 0 bridgehead atoms. The van der Waals surface area contributed by atoms with Gasteiger partial charge in [-0.15, -0.1) is 5.10 Å². The number of carbonyl (C=O) groups excluding carboxylic acids is 1. The zero-order chi connectivity index (χ0) is 14.8. The van der Waals surface area contributed by atoms with Crippen LogP contribution < -0.4 is 5.32 Å². The first-order chi connectivity index (χ1) is 10.1. The van der Waals surface area contributed by atoms with Crippen molar-refractivity contribution >= 4 is 23.5 Å². The second-order valence-corrected chi connectivity index (χ2v) is 4.63. The highest BCUT2D eigenvalue weighted by atomic mass is 35.5. The smallest absolute Gasteiger partial charge is 0.322 e. The molecule has 1 amide bonds. The van der Waals surface area contributed by atoms with Gasteiger partial charge in [-0.25, -0.2) is 0 Å². The topological polar surface area (TPSA) is 94.1 Å². The number of amides is 1. The Morgan fingerprint density at radius 3 is 2.67 bits per heavy atom. The van der Waals surface area contributed by atoms with E-state index in [0.717, 1.165) is 0 Å². The van der Waals surface area contributed by atoms with Crippen LogP contribution in [-0.2, 0) is 0 Å². The van der Waals surface area contributed by atoms with Crippen LogP contribution in [-0.4, -0.2) is 21.3 Å². The van der Waals surface area contributed by atoms with Gasteiger partial charge in [0.2, 0.25) is 5.89 Å². The van der Waals surface area contributed by atoms with Gasteiger partial charge in [0.1, 0.15) is 5.76 Å². The molecule has 2 aromatic heterocycles. The van der Waals surface area contributed by atoms with Gasteiger partial charge < -0.3 is 8.94 Å². The van der Waals surface area contributed by atoms with Gasteiger partial charge in [-0.1, -0.05) is 21.9 Å². The maximum Gasteiger partial charge on any atom is 0.322 e. The summed E-state index contributed by atoms with van der Waals surface area (Å²) in [7, 11) is 0. The van der Waals surface area contributed by atoms with Crippen molar-refractivity contribution in [1.82, 2.24) is 15.4 Å². The first-order valence-corrected chi connectivity index (χ1v) is 6.34. The lowest BCUT2D eigenvalue weighted by atomic mass is 10.2. The fraction of sp³-hybridized carbons (Fsp3) is 0.0769. The van der Waals surface area contributed by atoms with E-state index in [1.54, 1.807) is 31.2 Å². The molecule has 1 aromatic carbocycles. The number of anilines is 1. The van der Waals surface area contributed by atoms with Crippen LogP contribution in [0.4, 0.5) is 6.01 Å². The Labute approximate surface area is 123 Å². The number of aryl methyl sites for hydroxylation is 1. The molecule has 106 valence electrons. The molecule has 1 N–H and O–H groups in total. The van der Waals surface area contributed by atoms with Crippen LogP contribution in [0.25, 0.3) is 11.5 Å². The number of nitrogens with zero attached hydrogens (tertiary/aromatic N) is 3. The summed E-state index contributed by atoms with van der Waals surface area (Å²) in [5, 5.41) is 14.2. The van der Waals surface area contributed by atoms with Crippen molar-refractivity contribution in [1.29, 1.82) is 0 Å². The maximum absolute atomic E-state index is 11.8. The quantitative estimate of drug-likeness (QED) is 0.799. The highest BCUT2D eigenvalue weighted by molar-refractivity contribution is 6.30. The van der Waals surface area contributed by atoms with Crippen molar-refractivity contribution in [2.24, 2.45) is 0 Å². The largest absolute Gasteiger partial charge is 0.403 e. The van der Waals surface area contributed by atoms with Crippen molar-refractivity contribution in [3.63, 3.8) is 0 Å². The summed E-state index contributed by atoms with van der Waals surface area (Å²) in [6, 6.07) is 8.37. The lowest BCUT2D eigenvalue weighted by Crippen LogP contribution is -2.12. The predicted molar refractivity (Wildman–Crippen MR) is 73.9 cm³/mol. The summed E-state index contributed by atoms with van der Waals surface area (Å²) in [6.07, 6.45) is 0. The molecule has 3 aromatic rings. The minimum absolute atomic E-state index is 0.0226. The van der Waals surface area contributed by atoms with E-state index < -0.39 is 5.91 Å². The molecular formula is C13H9ClN4O3.